The molecule has 1 heteroatoms. The van der Waals surface area contributed by atoms with E-state index in [2.05, 4.69) is 52.8 Å². The van der Waals surface area contributed by atoms with Crippen molar-refractivity contribution in [2.45, 2.75) is 53.4 Å². The fourth-order valence-electron chi connectivity index (χ4n) is 3.67. The van der Waals surface area contributed by atoms with Gasteiger partial charge in [-0.25, -0.2) is 0 Å². The maximum absolute atomic E-state index is 5.69. The van der Waals surface area contributed by atoms with Crippen molar-refractivity contribution in [1.29, 1.82) is 0 Å². The molecule has 0 saturated heterocycles. The lowest BCUT2D eigenvalue weighted by molar-refractivity contribution is 0.307. The van der Waals surface area contributed by atoms with Gasteiger partial charge in [-0.15, -0.1) is 0 Å². The van der Waals surface area contributed by atoms with E-state index in [0.717, 1.165) is 5.75 Å². The van der Waals surface area contributed by atoms with Crippen LogP contribution in [0.1, 0.15) is 56.2 Å². The van der Waals surface area contributed by atoms with Crippen LogP contribution in [0.2, 0.25) is 0 Å². The van der Waals surface area contributed by atoms with Gasteiger partial charge in [-0.1, -0.05) is 31.6 Å². The average Bonchev–Trinajstić information content (AvgIpc) is 2.37. The third-order valence-electron chi connectivity index (χ3n) is 4.70. The number of allylic oxidation sites excluding steroid dienone is 2. The monoisotopic (exact) mass is 272 g/mol. The highest BCUT2D eigenvalue weighted by atomic mass is 16.5. The summed E-state index contributed by atoms with van der Waals surface area (Å²) in [6, 6.07) is 4.46. The van der Waals surface area contributed by atoms with Gasteiger partial charge in [-0.2, -0.15) is 0 Å². The zero-order valence-corrected chi connectivity index (χ0v) is 13.8. The molecule has 1 aliphatic carbocycles. The van der Waals surface area contributed by atoms with Crippen molar-refractivity contribution in [3.05, 3.63) is 40.5 Å². The van der Waals surface area contributed by atoms with Gasteiger partial charge in [0.2, 0.25) is 0 Å². The molecule has 0 spiro atoms. The first kappa shape index (κ1) is 15.2. The van der Waals surface area contributed by atoms with E-state index in [9.17, 15) is 0 Å². The molecule has 110 valence electrons. The van der Waals surface area contributed by atoms with Gasteiger partial charge in [0.25, 0.3) is 0 Å². The van der Waals surface area contributed by atoms with Gasteiger partial charge in [0, 0.05) is 11.5 Å². The van der Waals surface area contributed by atoms with E-state index in [1.807, 2.05) is 0 Å². The molecule has 2 rings (SSSR count). The number of benzene rings is 1. The van der Waals surface area contributed by atoms with Gasteiger partial charge in [0.05, 0.1) is 7.11 Å². The van der Waals surface area contributed by atoms with Crippen molar-refractivity contribution in [3.8, 4) is 5.75 Å². The smallest absolute Gasteiger partial charge is 0.123 e. The Labute approximate surface area is 124 Å². The summed E-state index contributed by atoms with van der Waals surface area (Å²) in [6.07, 6.45) is 5.02. The topological polar surface area (TPSA) is 9.23 Å². The predicted octanol–water partition coefficient (Wildman–Crippen LogP) is 5.41. The van der Waals surface area contributed by atoms with Gasteiger partial charge in [0.15, 0.2) is 0 Å². The summed E-state index contributed by atoms with van der Waals surface area (Å²) in [6.45, 7) is 11.3. The highest BCUT2D eigenvalue weighted by Crippen LogP contribution is 2.44. The van der Waals surface area contributed by atoms with Crippen LogP contribution >= 0.6 is 0 Å². The van der Waals surface area contributed by atoms with Crippen molar-refractivity contribution in [2.24, 2.45) is 11.8 Å². The Balaban J connectivity index is 2.54. The zero-order valence-electron chi connectivity index (χ0n) is 13.8. The number of aryl methyl sites for hydroxylation is 2. The Kier molecular flexibility index (Phi) is 4.57. The van der Waals surface area contributed by atoms with Gasteiger partial charge in [-0.3, -0.25) is 0 Å². The molecule has 1 nitrogen and oxygen atoms in total. The molecule has 2 atom stereocenters. The van der Waals surface area contributed by atoms with Crippen LogP contribution in [0.3, 0.4) is 0 Å². The first-order chi connectivity index (χ1) is 9.43. The van der Waals surface area contributed by atoms with Gasteiger partial charge >= 0.3 is 0 Å². The van der Waals surface area contributed by atoms with Gasteiger partial charge in [0.1, 0.15) is 5.75 Å². The lowest BCUT2D eigenvalue weighted by Gasteiger charge is -2.34. The SMILES string of the molecule is COc1cc(C)cc(C)c1C1C=C(C)CCC1C(C)C. The highest BCUT2D eigenvalue weighted by molar-refractivity contribution is 5.48. The Hall–Kier alpha value is -1.24. The summed E-state index contributed by atoms with van der Waals surface area (Å²) < 4.78 is 5.69. The molecule has 0 heterocycles. The molecule has 0 aromatic heterocycles. The molecule has 1 aromatic carbocycles. The van der Waals surface area contributed by atoms with Crippen LogP contribution in [0.15, 0.2) is 23.8 Å². The summed E-state index contributed by atoms with van der Waals surface area (Å²) >= 11 is 0. The number of ether oxygens (including phenoxy) is 1. The maximum Gasteiger partial charge on any atom is 0.123 e. The number of rotatable bonds is 3. The molecule has 2 unspecified atom stereocenters. The molecule has 0 radical (unpaired) electrons. The van der Waals surface area contributed by atoms with Crippen LogP contribution in [0.5, 0.6) is 5.75 Å². The van der Waals surface area contributed by atoms with Crippen molar-refractivity contribution in [3.63, 3.8) is 0 Å². The molecule has 20 heavy (non-hydrogen) atoms. The maximum atomic E-state index is 5.69. The van der Waals surface area contributed by atoms with Crippen LogP contribution < -0.4 is 4.74 Å². The fraction of sp³-hybridized carbons (Fsp3) is 0.579. The first-order valence-corrected chi connectivity index (χ1v) is 7.76. The Morgan fingerprint density at radius 3 is 2.45 bits per heavy atom. The third-order valence-corrected chi connectivity index (χ3v) is 4.70. The fourth-order valence-corrected chi connectivity index (χ4v) is 3.67. The van der Waals surface area contributed by atoms with Crippen LogP contribution in [0.25, 0.3) is 0 Å². The summed E-state index contributed by atoms with van der Waals surface area (Å²) in [4.78, 5) is 0. The summed E-state index contributed by atoms with van der Waals surface area (Å²) in [5, 5.41) is 0. The summed E-state index contributed by atoms with van der Waals surface area (Å²) in [5.74, 6) is 2.98. The molecule has 0 bridgehead atoms. The number of hydrogen-bond donors (Lipinski definition) is 0. The van der Waals surface area contributed by atoms with E-state index in [1.54, 1.807) is 7.11 Å². The van der Waals surface area contributed by atoms with E-state index >= 15 is 0 Å². The molecule has 1 aliphatic rings. The molecule has 0 aliphatic heterocycles. The van der Waals surface area contributed by atoms with Gasteiger partial charge in [-0.05, 0) is 62.6 Å². The van der Waals surface area contributed by atoms with Crippen molar-refractivity contribution in [2.75, 3.05) is 7.11 Å². The third kappa shape index (κ3) is 2.92. The Morgan fingerprint density at radius 2 is 1.85 bits per heavy atom. The summed E-state index contributed by atoms with van der Waals surface area (Å²) in [5.41, 5.74) is 5.56. The minimum absolute atomic E-state index is 0.499. The molecule has 0 saturated carbocycles. The van der Waals surface area contributed by atoms with Crippen molar-refractivity contribution in [1.82, 2.24) is 0 Å². The lowest BCUT2D eigenvalue weighted by atomic mass is 9.71. The number of hydrogen-bond acceptors (Lipinski definition) is 1. The minimum Gasteiger partial charge on any atom is -0.496 e. The standard InChI is InChI=1S/C19H28O/c1-12(2)16-8-7-13(3)10-17(16)19-15(5)9-14(4)11-18(19)20-6/h9-12,16-17H,7-8H2,1-6H3. The second-order valence-corrected chi connectivity index (χ2v) is 6.68. The largest absolute Gasteiger partial charge is 0.496 e. The molecule has 1 aromatic rings. The Morgan fingerprint density at radius 1 is 1.15 bits per heavy atom. The predicted molar refractivity (Wildman–Crippen MR) is 86.5 cm³/mol. The van der Waals surface area contributed by atoms with Crippen LogP contribution in [-0.2, 0) is 0 Å². The first-order valence-electron chi connectivity index (χ1n) is 7.76. The number of methoxy groups -OCH3 is 1. The minimum atomic E-state index is 0.499. The zero-order chi connectivity index (χ0) is 14.9. The van der Waals surface area contributed by atoms with E-state index < -0.39 is 0 Å². The lowest BCUT2D eigenvalue weighted by Crippen LogP contribution is -2.22. The van der Waals surface area contributed by atoms with Crippen molar-refractivity contribution >= 4 is 0 Å². The summed E-state index contributed by atoms with van der Waals surface area (Å²) in [7, 11) is 1.79. The quantitative estimate of drug-likeness (QED) is 0.669. The van der Waals surface area contributed by atoms with Crippen LogP contribution in [0, 0.1) is 25.7 Å². The second-order valence-electron chi connectivity index (χ2n) is 6.68. The Bertz CT molecular complexity index is 511. The van der Waals surface area contributed by atoms with Crippen LogP contribution in [0.4, 0.5) is 0 Å². The molecular formula is C19H28O. The van der Waals surface area contributed by atoms with E-state index in [1.165, 1.54) is 35.1 Å². The average molecular weight is 272 g/mol. The van der Waals surface area contributed by atoms with E-state index in [4.69, 9.17) is 4.74 Å². The van der Waals surface area contributed by atoms with Crippen molar-refractivity contribution < 1.29 is 4.74 Å². The van der Waals surface area contributed by atoms with Crippen LogP contribution in [-0.4, -0.2) is 7.11 Å². The molecule has 0 amide bonds. The van der Waals surface area contributed by atoms with E-state index in [0.29, 0.717) is 17.8 Å². The van der Waals surface area contributed by atoms with E-state index in [-0.39, 0.29) is 0 Å². The second kappa shape index (κ2) is 6.03. The molecule has 0 N–H and O–H groups in total. The highest BCUT2D eigenvalue weighted by Gasteiger charge is 2.30. The molecular weight excluding hydrogens is 244 g/mol. The molecule has 0 fully saturated rings. The normalized spacial score (nSPS) is 22.9. The van der Waals surface area contributed by atoms with Gasteiger partial charge < -0.3 is 4.74 Å².